The molecule has 2 aliphatic rings. The molecule has 1 aromatic rings. The van der Waals surface area contributed by atoms with E-state index in [1.54, 1.807) is 24.3 Å². The van der Waals surface area contributed by atoms with Crippen LogP contribution >= 0.6 is 0 Å². The lowest BCUT2D eigenvalue weighted by Crippen LogP contribution is -2.60. The Balaban J connectivity index is 1.57. The number of carbonyl (C=O) groups is 4. The van der Waals surface area contributed by atoms with Gasteiger partial charge in [-0.3, -0.25) is 24.1 Å². The lowest BCUT2D eigenvalue weighted by atomic mass is 10.1. The van der Waals surface area contributed by atoms with Crippen LogP contribution in [0.1, 0.15) is 13.3 Å². The maximum absolute atomic E-state index is 12.9. The molecule has 0 bridgehead atoms. The third-order valence-corrected chi connectivity index (χ3v) is 5.47. The smallest absolute Gasteiger partial charge is 0.243 e. The summed E-state index contributed by atoms with van der Waals surface area (Å²) in [5, 5.41) is 8.15. The second-order valence-electron chi connectivity index (χ2n) is 7.98. The molecule has 1 aromatic carbocycles. The van der Waals surface area contributed by atoms with E-state index in [-0.39, 0.29) is 36.6 Å². The van der Waals surface area contributed by atoms with Crippen molar-refractivity contribution in [2.75, 3.05) is 63.5 Å². The topological polar surface area (TPSA) is 114 Å². The van der Waals surface area contributed by atoms with E-state index < -0.39 is 6.04 Å². The largest absolute Gasteiger partial charge is 0.353 e. The molecule has 10 nitrogen and oxygen atoms in total. The van der Waals surface area contributed by atoms with Crippen LogP contribution in [0.25, 0.3) is 0 Å². The maximum Gasteiger partial charge on any atom is 0.243 e. The Morgan fingerprint density at radius 3 is 2.23 bits per heavy atom. The first-order valence-corrected chi connectivity index (χ1v) is 10.5. The molecule has 4 amide bonds. The van der Waals surface area contributed by atoms with E-state index in [4.69, 9.17) is 0 Å². The summed E-state index contributed by atoms with van der Waals surface area (Å²) >= 11 is 0. The summed E-state index contributed by atoms with van der Waals surface area (Å²) in [4.78, 5) is 54.8. The Kier molecular flexibility index (Phi) is 7.59. The molecule has 2 aliphatic heterocycles. The van der Waals surface area contributed by atoms with E-state index in [1.165, 1.54) is 11.8 Å². The Morgan fingerprint density at radius 1 is 1.00 bits per heavy atom. The van der Waals surface area contributed by atoms with Crippen LogP contribution in [0.2, 0.25) is 0 Å². The first-order valence-electron chi connectivity index (χ1n) is 10.5. The first kappa shape index (κ1) is 22.7. The number of amides is 4. The van der Waals surface area contributed by atoms with E-state index in [1.807, 2.05) is 0 Å². The number of rotatable bonds is 6. The van der Waals surface area contributed by atoms with Gasteiger partial charge in [-0.05, 0) is 31.3 Å². The molecule has 0 aliphatic carbocycles. The summed E-state index contributed by atoms with van der Waals surface area (Å²) in [7, 11) is 2.05. The molecule has 168 valence electrons. The standard InChI is InChI=1S/C21H30N6O4/c1-15(28)23-16-3-5-17(6-4-16)24-19(29)13-18-21(31)22-7-8-27(18)20(30)14-26-11-9-25(2)10-12-26/h3-6,18H,7-14H2,1-2H3,(H,22,31)(H,23,28)(H,24,29)/t18-/m0/s1. The van der Waals surface area contributed by atoms with Gasteiger partial charge in [-0.15, -0.1) is 0 Å². The number of hydrogen-bond acceptors (Lipinski definition) is 6. The number of piperazine rings is 2. The van der Waals surface area contributed by atoms with Gasteiger partial charge in [0.25, 0.3) is 0 Å². The molecule has 2 fully saturated rings. The molecular weight excluding hydrogens is 400 g/mol. The highest BCUT2D eigenvalue weighted by atomic mass is 16.2. The van der Waals surface area contributed by atoms with Crippen molar-refractivity contribution in [3.63, 3.8) is 0 Å². The summed E-state index contributed by atoms with van der Waals surface area (Å²) in [6.07, 6.45) is -0.117. The molecule has 1 atom stereocenters. The van der Waals surface area contributed by atoms with Crippen LogP contribution < -0.4 is 16.0 Å². The molecule has 0 radical (unpaired) electrons. The zero-order chi connectivity index (χ0) is 22.4. The SMILES string of the molecule is CC(=O)Nc1ccc(NC(=O)C[C@H]2C(=O)NCCN2C(=O)CN2CCN(C)CC2)cc1. The average molecular weight is 431 g/mol. The molecule has 10 heteroatoms. The number of nitrogens with zero attached hydrogens (tertiary/aromatic N) is 3. The van der Waals surface area contributed by atoms with Crippen LogP contribution in [0, 0.1) is 0 Å². The Bertz CT molecular complexity index is 820. The summed E-state index contributed by atoms with van der Waals surface area (Å²) in [6, 6.07) is 5.86. The number of nitrogens with one attached hydrogen (secondary N) is 3. The van der Waals surface area contributed by atoms with Gasteiger partial charge in [0.1, 0.15) is 6.04 Å². The van der Waals surface area contributed by atoms with Crippen LogP contribution in [-0.4, -0.2) is 97.2 Å². The molecule has 2 heterocycles. The van der Waals surface area contributed by atoms with Gasteiger partial charge in [0.15, 0.2) is 0 Å². The van der Waals surface area contributed by atoms with E-state index >= 15 is 0 Å². The van der Waals surface area contributed by atoms with E-state index in [0.29, 0.717) is 24.5 Å². The number of likely N-dealkylation sites (N-methyl/N-ethyl adjacent to an activating group) is 1. The van der Waals surface area contributed by atoms with Gasteiger partial charge >= 0.3 is 0 Å². The fraction of sp³-hybridized carbons (Fsp3) is 0.524. The van der Waals surface area contributed by atoms with Gasteiger partial charge in [0, 0.05) is 57.6 Å². The lowest BCUT2D eigenvalue weighted by Gasteiger charge is -2.37. The fourth-order valence-corrected chi connectivity index (χ4v) is 3.73. The minimum atomic E-state index is -0.827. The number of anilines is 2. The minimum absolute atomic E-state index is 0.117. The maximum atomic E-state index is 12.9. The van der Waals surface area contributed by atoms with Crippen molar-refractivity contribution in [3.05, 3.63) is 24.3 Å². The predicted octanol–water partition coefficient (Wildman–Crippen LogP) is -0.452. The zero-order valence-corrected chi connectivity index (χ0v) is 18.0. The Hall–Kier alpha value is -2.98. The molecule has 31 heavy (non-hydrogen) atoms. The summed E-state index contributed by atoms with van der Waals surface area (Å²) in [5.74, 6) is -0.973. The molecule has 0 spiro atoms. The highest BCUT2D eigenvalue weighted by Gasteiger charge is 2.35. The monoisotopic (exact) mass is 430 g/mol. The first-order chi connectivity index (χ1) is 14.8. The van der Waals surface area contributed by atoms with Crippen LogP contribution in [0.3, 0.4) is 0 Å². The van der Waals surface area contributed by atoms with E-state index in [2.05, 4.69) is 32.8 Å². The summed E-state index contributed by atoms with van der Waals surface area (Å²) < 4.78 is 0. The molecule has 3 rings (SSSR count). The normalized spacial score (nSPS) is 20.1. The number of carbonyl (C=O) groups excluding carboxylic acids is 4. The van der Waals surface area contributed by atoms with Gasteiger partial charge in [0.2, 0.25) is 23.6 Å². The number of hydrogen-bond donors (Lipinski definition) is 3. The Labute approximate surface area is 181 Å². The van der Waals surface area contributed by atoms with Gasteiger partial charge in [-0.25, -0.2) is 0 Å². The van der Waals surface area contributed by atoms with E-state index in [0.717, 1.165) is 26.2 Å². The van der Waals surface area contributed by atoms with Crippen LogP contribution in [-0.2, 0) is 19.2 Å². The summed E-state index contributed by atoms with van der Waals surface area (Å²) in [6.45, 7) is 5.87. The van der Waals surface area contributed by atoms with Crippen LogP contribution in [0.15, 0.2) is 24.3 Å². The van der Waals surface area contributed by atoms with Crippen molar-refractivity contribution in [2.24, 2.45) is 0 Å². The zero-order valence-electron chi connectivity index (χ0n) is 18.0. The summed E-state index contributed by atoms with van der Waals surface area (Å²) in [5.41, 5.74) is 1.17. The van der Waals surface area contributed by atoms with Crippen LogP contribution in [0.5, 0.6) is 0 Å². The molecule has 3 N–H and O–H groups in total. The minimum Gasteiger partial charge on any atom is -0.353 e. The molecule has 0 unspecified atom stereocenters. The fourth-order valence-electron chi connectivity index (χ4n) is 3.73. The van der Waals surface area contributed by atoms with Crippen molar-refractivity contribution >= 4 is 35.0 Å². The third-order valence-electron chi connectivity index (χ3n) is 5.47. The van der Waals surface area contributed by atoms with E-state index in [9.17, 15) is 19.2 Å². The van der Waals surface area contributed by atoms with Gasteiger partial charge in [0.05, 0.1) is 13.0 Å². The van der Waals surface area contributed by atoms with Crippen molar-refractivity contribution in [2.45, 2.75) is 19.4 Å². The van der Waals surface area contributed by atoms with Gasteiger partial charge < -0.3 is 25.8 Å². The Morgan fingerprint density at radius 2 is 1.61 bits per heavy atom. The van der Waals surface area contributed by atoms with Crippen molar-refractivity contribution in [3.8, 4) is 0 Å². The van der Waals surface area contributed by atoms with Crippen molar-refractivity contribution < 1.29 is 19.2 Å². The van der Waals surface area contributed by atoms with Crippen molar-refractivity contribution in [1.29, 1.82) is 0 Å². The lowest BCUT2D eigenvalue weighted by molar-refractivity contribution is -0.145. The molecule has 0 saturated carbocycles. The highest BCUT2D eigenvalue weighted by Crippen LogP contribution is 2.16. The molecular formula is C21H30N6O4. The van der Waals surface area contributed by atoms with Crippen LogP contribution in [0.4, 0.5) is 11.4 Å². The molecule has 0 aromatic heterocycles. The second kappa shape index (κ2) is 10.4. The van der Waals surface area contributed by atoms with Crippen molar-refractivity contribution in [1.82, 2.24) is 20.0 Å². The predicted molar refractivity (Wildman–Crippen MR) is 116 cm³/mol. The molecule has 2 saturated heterocycles. The average Bonchev–Trinajstić information content (AvgIpc) is 2.72. The van der Waals surface area contributed by atoms with Gasteiger partial charge in [-0.2, -0.15) is 0 Å². The highest BCUT2D eigenvalue weighted by molar-refractivity contribution is 5.98. The quantitative estimate of drug-likeness (QED) is 0.563. The second-order valence-corrected chi connectivity index (χ2v) is 7.98. The van der Waals surface area contributed by atoms with Gasteiger partial charge in [-0.1, -0.05) is 0 Å². The number of benzene rings is 1. The third kappa shape index (κ3) is 6.50.